The Bertz CT molecular complexity index is 1610. The minimum atomic E-state index is -0.450. The molecule has 0 bridgehead atoms. The van der Waals surface area contributed by atoms with E-state index in [0.29, 0.717) is 54.5 Å². The number of aryl methyl sites for hydroxylation is 1. The third-order valence-corrected chi connectivity index (χ3v) is 7.88. The second-order valence-corrected chi connectivity index (χ2v) is 10.4. The van der Waals surface area contributed by atoms with Crippen LogP contribution in [-0.2, 0) is 4.79 Å². The molecule has 41 heavy (non-hydrogen) atoms. The van der Waals surface area contributed by atoms with Gasteiger partial charge in [0.1, 0.15) is 0 Å². The first-order valence-electron chi connectivity index (χ1n) is 13.8. The molecule has 1 atom stereocenters. The van der Waals surface area contributed by atoms with E-state index in [0.717, 1.165) is 30.8 Å². The number of piperazine rings is 1. The van der Waals surface area contributed by atoms with E-state index < -0.39 is 5.82 Å². The number of amides is 2. The Morgan fingerprint density at radius 2 is 1.88 bits per heavy atom. The maximum atomic E-state index is 14.3. The molecule has 2 N–H and O–H groups in total. The summed E-state index contributed by atoms with van der Waals surface area (Å²) in [5.41, 5.74) is 4.18. The summed E-state index contributed by atoms with van der Waals surface area (Å²) in [5.74, 6) is 0.475. The van der Waals surface area contributed by atoms with Crippen molar-refractivity contribution >= 4 is 29.0 Å². The summed E-state index contributed by atoms with van der Waals surface area (Å²) >= 11 is 0. The molecule has 0 aliphatic carbocycles. The Morgan fingerprint density at radius 3 is 2.59 bits per heavy atom. The number of ether oxygens (including phenoxy) is 1. The molecule has 2 amide bonds. The van der Waals surface area contributed by atoms with Gasteiger partial charge in [-0.25, -0.2) is 14.4 Å². The van der Waals surface area contributed by atoms with Crippen molar-refractivity contribution in [2.45, 2.75) is 13.3 Å². The van der Waals surface area contributed by atoms with Crippen molar-refractivity contribution in [3.63, 3.8) is 0 Å². The highest BCUT2D eigenvalue weighted by Crippen LogP contribution is 2.29. The molecule has 6 rings (SSSR count). The number of halogens is 1. The molecule has 0 unspecified atom stereocenters. The van der Waals surface area contributed by atoms with Gasteiger partial charge in [0.25, 0.3) is 5.91 Å². The van der Waals surface area contributed by atoms with E-state index >= 15 is 0 Å². The predicted molar refractivity (Wildman–Crippen MR) is 153 cm³/mol. The number of benzene rings is 2. The van der Waals surface area contributed by atoms with Gasteiger partial charge in [-0.1, -0.05) is 0 Å². The van der Waals surface area contributed by atoms with Gasteiger partial charge < -0.3 is 25.2 Å². The molecule has 4 aromatic rings. The lowest BCUT2D eigenvalue weighted by Gasteiger charge is -2.36. The summed E-state index contributed by atoms with van der Waals surface area (Å²) in [4.78, 5) is 38.8. The van der Waals surface area contributed by atoms with Crippen molar-refractivity contribution in [2.24, 2.45) is 5.92 Å². The lowest BCUT2D eigenvalue weighted by Crippen LogP contribution is -2.52. The van der Waals surface area contributed by atoms with E-state index in [1.54, 1.807) is 30.7 Å². The van der Waals surface area contributed by atoms with Gasteiger partial charge in [-0.2, -0.15) is 0 Å². The van der Waals surface area contributed by atoms with Crippen LogP contribution in [0.4, 0.5) is 15.9 Å². The SMILES string of the molecule is COc1ccc(-c2cnc3c(Nc4ccc(C(=O)N5CCN(C(=O)[C@H]6CCNC6)CC5)c(C)c4)nccn23)cc1F. The quantitative estimate of drug-likeness (QED) is 0.374. The van der Waals surface area contributed by atoms with E-state index in [9.17, 15) is 14.0 Å². The van der Waals surface area contributed by atoms with Gasteiger partial charge >= 0.3 is 0 Å². The first-order valence-corrected chi connectivity index (χ1v) is 13.8. The monoisotopic (exact) mass is 557 g/mol. The van der Waals surface area contributed by atoms with Crippen LogP contribution in [0.5, 0.6) is 5.75 Å². The third-order valence-electron chi connectivity index (χ3n) is 7.88. The average Bonchev–Trinajstić information content (AvgIpc) is 3.68. The highest BCUT2D eigenvalue weighted by atomic mass is 19.1. The zero-order valence-electron chi connectivity index (χ0n) is 23.1. The van der Waals surface area contributed by atoms with Crippen LogP contribution in [0.2, 0.25) is 0 Å². The standard InChI is InChI=1S/C30H32FN7O3/c1-19-15-22(4-5-23(19)30(40)37-13-11-36(12-14-37)29(39)21-7-8-32-17-21)35-27-28-34-18-25(38(28)10-9-33-27)20-3-6-26(41-2)24(31)16-20/h3-6,9-10,15-16,18,21,32H,7-8,11-14,17H2,1-2H3,(H,33,35)/t21-/m0/s1. The Morgan fingerprint density at radius 1 is 1.07 bits per heavy atom. The van der Waals surface area contributed by atoms with Crippen LogP contribution in [0.15, 0.2) is 55.0 Å². The Kier molecular flexibility index (Phi) is 7.27. The molecule has 2 aromatic carbocycles. The fourth-order valence-corrected chi connectivity index (χ4v) is 5.59. The van der Waals surface area contributed by atoms with Crippen LogP contribution in [0.25, 0.3) is 16.9 Å². The Balaban J connectivity index is 1.15. The second kappa shape index (κ2) is 11.2. The summed E-state index contributed by atoms with van der Waals surface area (Å²) in [7, 11) is 1.43. The molecule has 212 valence electrons. The van der Waals surface area contributed by atoms with Gasteiger partial charge in [0.15, 0.2) is 23.0 Å². The predicted octanol–water partition coefficient (Wildman–Crippen LogP) is 3.49. The van der Waals surface area contributed by atoms with E-state index in [1.165, 1.54) is 13.2 Å². The summed E-state index contributed by atoms with van der Waals surface area (Å²) in [6, 6.07) is 10.4. The topological polar surface area (TPSA) is 104 Å². The lowest BCUT2D eigenvalue weighted by atomic mass is 10.0. The van der Waals surface area contributed by atoms with Crippen LogP contribution in [0.3, 0.4) is 0 Å². The average molecular weight is 558 g/mol. The zero-order valence-corrected chi connectivity index (χ0v) is 23.1. The smallest absolute Gasteiger partial charge is 0.254 e. The van der Waals surface area contributed by atoms with E-state index in [2.05, 4.69) is 20.6 Å². The van der Waals surface area contributed by atoms with Crippen LogP contribution in [0.1, 0.15) is 22.3 Å². The maximum absolute atomic E-state index is 14.3. The van der Waals surface area contributed by atoms with Crippen LogP contribution in [0, 0.1) is 18.7 Å². The van der Waals surface area contributed by atoms with Gasteiger partial charge in [-0.05, 0) is 61.9 Å². The first-order chi connectivity index (χ1) is 19.9. The third kappa shape index (κ3) is 5.20. The molecule has 2 fully saturated rings. The molecule has 10 nitrogen and oxygen atoms in total. The van der Waals surface area contributed by atoms with Crippen LogP contribution >= 0.6 is 0 Å². The normalized spacial score (nSPS) is 17.2. The number of carbonyl (C=O) groups is 2. The maximum Gasteiger partial charge on any atom is 0.254 e. The number of hydrogen-bond acceptors (Lipinski definition) is 7. The van der Waals surface area contributed by atoms with Gasteiger partial charge in [0, 0.05) is 61.9 Å². The summed E-state index contributed by atoms with van der Waals surface area (Å²) < 4.78 is 21.2. The highest BCUT2D eigenvalue weighted by molar-refractivity contribution is 5.96. The number of methoxy groups -OCH3 is 1. The van der Waals surface area contributed by atoms with Gasteiger partial charge in [0.2, 0.25) is 5.91 Å². The van der Waals surface area contributed by atoms with E-state index in [1.807, 2.05) is 39.3 Å². The number of nitrogens with one attached hydrogen (secondary N) is 2. The van der Waals surface area contributed by atoms with Gasteiger partial charge in [-0.15, -0.1) is 0 Å². The van der Waals surface area contributed by atoms with Crippen molar-refractivity contribution in [3.8, 4) is 17.0 Å². The number of rotatable bonds is 6. The number of imidazole rings is 1. The molecule has 2 aromatic heterocycles. The molecule has 2 saturated heterocycles. The fraction of sp³-hybridized carbons (Fsp3) is 0.333. The summed E-state index contributed by atoms with van der Waals surface area (Å²) in [6.07, 6.45) is 5.98. The van der Waals surface area contributed by atoms with Crippen molar-refractivity contribution in [2.75, 3.05) is 51.7 Å². The molecule has 2 aliphatic rings. The van der Waals surface area contributed by atoms with Crippen molar-refractivity contribution < 1.29 is 18.7 Å². The molecule has 11 heteroatoms. The molecule has 0 radical (unpaired) electrons. The minimum absolute atomic E-state index is 0.0338. The summed E-state index contributed by atoms with van der Waals surface area (Å²) in [5, 5.41) is 6.56. The van der Waals surface area contributed by atoms with Crippen LogP contribution in [-0.4, -0.2) is 82.4 Å². The van der Waals surface area contributed by atoms with Gasteiger partial charge in [-0.3, -0.25) is 14.0 Å². The largest absolute Gasteiger partial charge is 0.494 e. The number of hydrogen-bond donors (Lipinski definition) is 2. The van der Waals surface area contributed by atoms with E-state index in [-0.39, 0.29) is 23.5 Å². The van der Waals surface area contributed by atoms with Crippen molar-refractivity contribution in [3.05, 3.63) is 71.9 Å². The zero-order chi connectivity index (χ0) is 28.5. The lowest BCUT2D eigenvalue weighted by molar-refractivity contribution is -0.136. The number of anilines is 2. The summed E-state index contributed by atoms with van der Waals surface area (Å²) in [6.45, 7) is 5.71. The van der Waals surface area contributed by atoms with Crippen LogP contribution < -0.4 is 15.4 Å². The molecular weight excluding hydrogens is 525 g/mol. The first kappa shape index (κ1) is 26.7. The Labute approximate surface area is 237 Å². The molecule has 0 saturated carbocycles. The number of carbonyl (C=O) groups excluding carboxylic acids is 2. The Hall–Kier alpha value is -4.51. The fourth-order valence-electron chi connectivity index (χ4n) is 5.59. The van der Waals surface area contributed by atoms with Crippen molar-refractivity contribution in [1.29, 1.82) is 0 Å². The molecule has 0 spiro atoms. The number of fused-ring (bicyclic) bond motifs is 1. The molecule has 4 heterocycles. The van der Waals surface area contributed by atoms with Gasteiger partial charge in [0.05, 0.1) is 24.9 Å². The van der Waals surface area contributed by atoms with Crippen molar-refractivity contribution in [1.82, 2.24) is 29.5 Å². The number of aromatic nitrogens is 3. The highest BCUT2D eigenvalue weighted by Gasteiger charge is 2.31. The second-order valence-electron chi connectivity index (χ2n) is 10.4. The minimum Gasteiger partial charge on any atom is -0.494 e. The molecular formula is C30H32FN7O3. The number of nitrogens with zero attached hydrogens (tertiary/aromatic N) is 5. The van der Waals surface area contributed by atoms with E-state index in [4.69, 9.17) is 4.74 Å². The molecule has 2 aliphatic heterocycles.